The molecule has 0 saturated heterocycles. The first-order chi connectivity index (χ1) is 9.52. The number of benzene rings is 1. The lowest BCUT2D eigenvalue weighted by molar-refractivity contribution is 0.478. The summed E-state index contributed by atoms with van der Waals surface area (Å²) in [5.41, 5.74) is 0.870. The van der Waals surface area contributed by atoms with E-state index in [-0.39, 0.29) is 11.6 Å². The van der Waals surface area contributed by atoms with Gasteiger partial charge in [0.25, 0.3) is 0 Å². The molecule has 2 rings (SSSR count). The summed E-state index contributed by atoms with van der Waals surface area (Å²) in [7, 11) is 1.69. The minimum Gasteiger partial charge on any atom is -0.312 e. The van der Waals surface area contributed by atoms with Crippen LogP contribution in [0.5, 0.6) is 0 Å². The summed E-state index contributed by atoms with van der Waals surface area (Å²) < 4.78 is 29.5. The van der Waals surface area contributed by atoms with E-state index in [9.17, 15) is 8.78 Å². The Kier molecular flexibility index (Phi) is 4.49. The van der Waals surface area contributed by atoms with Crippen molar-refractivity contribution in [1.82, 2.24) is 15.1 Å². The molecular weight excluding hydrogens is 260 g/mol. The van der Waals surface area contributed by atoms with Gasteiger partial charge in [-0.15, -0.1) is 0 Å². The molecule has 0 amide bonds. The Morgan fingerprint density at radius 2 is 1.85 bits per heavy atom. The normalized spacial score (nSPS) is 12.9. The van der Waals surface area contributed by atoms with E-state index < -0.39 is 17.7 Å². The summed E-state index contributed by atoms with van der Waals surface area (Å²) in [6.07, 6.45) is 2.32. The highest BCUT2D eigenvalue weighted by atomic mass is 19.1. The van der Waals surface area contributed by atoms with Crippen LogP contribution < -0.4 is 5.32 Å². The van der Waals surface area contributed by atoms with E-state index >= 15 is 0 Å². The number of rotatable bonds is 5. The lowest BCUT2D eigenvalue weighted by atomic mass is 10.0. The summed E-state index contributed by atoms with van der Waals surface area (Å²) in [5.74, 6) is -1.07. The van der Waals surface area contributed by atoms with E-state index in [0.29, 0.717) is 6.42 Å². The van der Waals surface area contributed by atoms with Crippen molar-refractivity contribution in [2.24, 2.45) is 0 Å². The summed E-state index contributed by atoms with van der Waals surface area (Å²) in [5, 5.41) is 7.37. The Morgan fingerprint density at radius 1 is 1.20 bits per heavy atom. The van der Waals surface area contributed by atoms with Gasteiger partial charge in [-0.3, -0.25) is 4.68 Å². The second-order valence-electron chi connectivity index (χ2n) is 5.06. The van der Waals surface area contributed by atoms with Crippen molar-refractivity contribution in [3.05, 3.63) is 53.4 Å². The molecule has 1 atom stereocenters. The van der Waals surface area contributed by atoms with E-state index in [2.05, 4.69) is 10.4 Å². The third kappa shape index (κ3) is 3.04. The van der Waals surface area contributed by atoms with Crippen molar-refractivity contribution >= 4 is 0 Å². The zero-order valence-electron chi connectivity index (χ0n) is 11.9. The highest BCUT2D eigenvalue weighted by molar-refractivity contribution is 5.24. The van der Waals surface area contributed by atoms with E-state index in [1.54, 1.807) is 7.05 Å². The van der Waals surface area contributed by atoms with Crippen LogP contribution in [0.3, 0.4) is 0 Å². The SMILES string of the molecule is CNC(Cc1ccn(C(C)C)n1)c1c(F)cccc1F. The largest absolute Gasteiger partial charge is 0.312 e. The van der Waals surface area contributed by atoms with Gasteiger partial charge in [-0.25, -0.2) is 8.78 Å². The second-order valence-corrected chi connectivity index (χ2v) is 5.06. The third-order valence-electron chi connectivity index (χ3n) is 3.30. The molecule has 0 radical (unpaired) electrons. The Morgan fingerprint density at radius 3 is 2.35 bits per heavy atom. The summed E-state index contributed by atoms with van der Waals surface area (Å²) in [4.78, 5) is 0. The highest BCUT2D eigenvalue weighted by Gasteiger charge is 2.20. The minimum absolute atomic E-state index is 0.0640. The Labute approximate surface area is 117 Å². The van der Waals surface area contributed by atoms with Crippen molar-refractivity contribution in [2.45, 2.75) is 32.4 Å². The van der Waals surface area contributed by atoms with Gasteiger partial charge in [0, 0.05) is 30.3 Å². The Hall–Kier alpha value is -1.75. The van der Waals surface area contributed by atoms with Gasteiger partial charge in [0.05, 0.1) is 5.69 Å². The monoisotopic (exact) mass is 279 g/mol. The zero-order valence-corrected chi connectivity index (χ0v) is 11.9. The average molecular weight is 279 g/mol. The molecule has 0 aliphatic heterocycles. The number of likely N-dealkylation sites (N-methyl/N-ethyl adjacent to an activating group) is 1. The molecule has 0 spiro atoms. The fourth-order valence-corrected chi connectivity index (χ4v) is 2.18. The van der Waals surface area contributed by atoms with Crippen molar-refractivity contribution in [1.29, 1.82) is 0 Å². The van der Waals surface area contributed by atoms with E-state index in [4.69, 9.17) is 0 Å². The van der Waals surface area contributed by atoms with Crippen LogP contribution in [0.1, 0.15) is 37.2 Å². The molecular formula is C15H19F2N3. The lowest BCUT2D eigenvalue weighted by Crippen LogP contribution is -2.22. The first-order valence-electron chi connectivity index (χ1n) is 6.68. The van der Waals surface area contributed by atoms with Crippen LogP contribution in [-0.2, 0) is 6.42 Å². The molecule has 108 valence electrons. The van der Waals surface area contributed by atoms with Crippen molar-refractivity contribution in [2.75, 3.05) is 7.05 Å². The van der Waals surface area contributed by atoms with Gasteiger partial charge >= 0.3 is 0 Å². The predicted molar refractivity (Wildman–Crippen MR) is 74.5 cm³/mol. The van der Waals surface area contributed by atoms with Crippen LogP contribution in [-0.4, -0.2) is 16.8 Å². The molecule has 0 fully saturated rings. The number of hydrogen-bond donors (Lipinski definition) is 1. The molecule has 1 unspecified atom stereocenters. The van der Waals surface area contributed by atoms with Crippen LogP contribution >= 0.6 is 0 Å². The Bertz CT molecular complexity index is 558. The van der Waals surface area contributed by atoms with Crippen molar-refractivity contribution in [3.8, 4) is 0 Å². The van der Waals surface area contributed by atoms with Gasteiger partial charge in [-0.1, -0.05) is 6.07 Å². The number of nitrogens with one attached hydrogen (secondary N) is 1. The summed E-state index contributed by atoms with van der Waals surface area (Å²) in [6, 6.07) is 5.62. The van der Waals surface area contributed by atoms with Crippen LogP contribution in [0.2, 0.25) is 0 Å². The number of halogens is 2. The maximum Gasteiger partial charge on any atom is 0.130 e. The van der Waals surface area contributed by atoms with Gasteiger partial charge in [0.2, 0.25) is 0 Å². The van der Waals surface area contributed by atoms with Crippen molar-refractivity contribution < 1.29 is 8.78 Å². The first kappa shape index (κ1) is 14.7. The number of nitrogens with zero attached hydrogens (tertiary/aromatic N) is 2. The second kappa shape index (κ2) is 6.13. The van der Waals surface area contributed by atoms with Crippen LogP contribution in [0, 0.1) is 11.6 Å². The highest BCUT2D eigenvalue weighted by Crippen LogP contribution is 2.23. The van der Waals surface area contributed by atoms with Gasteiger partial charge in [-0.2, -0.15) is 5.10 Å². The van der Waals surface area contributed by atoms with E-state index in [1.807, 2.05) is 30.8 Å². The summed E-state index contributed by atoms with van der Waals surface area (Å²) in [6.45, 7) is 4.06. The van der Waals surface area contributed by atoms with Crippen LogP contribution in [0.25, 0.3) is 0 Å². The van der Waals surface area contributed by atoms with Crippen molar-refractivity contribution in [3.63, 3.8) is 0 Å². The molecule has 0 bridgehead atoms. The van der Waals surface area contributed by atoms with Gasteiger partial charge in [-0.05, 0) is 39.1 Å². The molecule has 20 heavy (non-hydrogen) atoms. The van der Waals surface area contributed by atoms with Gasteiger partial charge in [0.15, 0.2) is 0 Å². The predicted octanol–water partition coefficient (Wildman–Crippen LogP) is 3.25. The molecule has 1 N–H and O–H groups in total. The Balaban J connectivity index is 2.24. The number of aromatic nitrogens is 2. The topological polar surface area (TPSA) is 29.9 Å². The van der Waals surface area contributed by atoms with Gasteiger partial charge in [0.1, 0.15) is 11.6 Å². The van der Waals surface area contributed by atoms with Crippen LogP contribution in [0.4, 0.5) is 8.78 Å². The standard InChI is InChI=1S/C15H19F2N3/c1-10(2)20-8-7-11(19-20)9-14(18-3)15-12(16)5-4-6-13(15)17/h4-8,10,14,18H,9H2,1-3H3. The molecule has 0 aliphatic carbocycles. The maximum atomic E-state index is 13.8. The minimum atomic E-state index is -0.535. The molecule has 5 heteroatoms. The molecule has 1 aromatic heterocycles. The zero-order chi connectivity index (χ0) is 14.7. The fourth-order valence-electron chi connectivity index (χ4n) is 2.18. The average Bonchev–Trinajstić information content (AvgIpc) is 2.86. The van der Waals surface area contributed by atoms with Gasteiger partial charge < -0.3 is 5.32 Å². The first-order valence-corrected chi connectivity index (χ1v) is 6.68. The molecule has 1 heterocycles. The van der Waals surface area contributed by atoms with Crippen LogP contribution in [0.15, 0.2) is 30.5 Å². The molecule has 0 saturated carbocycles. The third-order valence-corrected chi connectivity index (χ3v) is 3.30. The molecule has 0 aliphatic rings. The lowest BCUT2D eigenvalue weighted by Gasteiger charge is -2.17. The maximum absolute atomic E-state index is 13.8. The van der Waals surface area contributed by atoms with E-state index in [1.165, 1.54) is 18.2 Å². The molecule has 1 aromatic carbocycles. The summed E-state index contributed by atoms with van der Waals surface area (Å²) >= 11 is 0. The smallest absolute Gasteiger partial charge is 0.130 e. The van der Waals surface area contributed by atoms with E-state index in [0.717, 1.165) is 5.69 Å². The fraction of sp³-hybridized carbons (Fsp3) is 0.400. The molecule has 2 aromatic rings. The molecule has 3 nitrogen and oxygen atoms in total. The number of hydrogen-bond acceptors (Lipinski definition) is 2. The quantitative estimate of drug-likeness (QED) is 0.910.